The van der Waals surface area contributed by atoms with E-state index in [2.05, 4.69) is 10.4 Å². The lowest BCUT2D eigenvalue weighted by Gasteiger charge is -2.24. The van der Waals surface area contributed by atoms with Gasteiger partial charge in [0.25, 0.3) is 0 Å². The first-order chi connectivity index (χ1) is 11.6. The number of nitrogens with one attached hydrogen (secondary N) is 1. The third kappa shape index (κ3) is 3.82. The molecule has 0 radical (unpaired) electrons. The standard InChI is InChI=1S/C18H22N4O2/c1-21-13-14(12-19-21)9-10-17(23)22-11-5-8-16(22)18(24)20-15-6-3-2-4-7-15/h2-4,6-7,12-13,16H,5,8-11H2,1H3,(H,20,24). The van der Waals surface area contributed by atoms with E-state index in [9.17, 15) is 9.59 Å². The third-order valence-electron chi connectivity index (χ3n) is 4.30. The maximum Gasteiger partial charge on any atom is 0.247 e. The molecule has 1 unspecified atom stereocenters. The van der Waals surface area contributed by atoms with Gasteiger partial charge in [0.2, 0.25) is 11.8 Å². The molecule has 0 saturated carbocycles. The molecule has 1 saturated heterocycles. The highest BCUT2D eigenvalue weighted by atomic mass is 16.2. The Morgan fingerprint density at radius 1 is 1.29 bits per heavy atom. The van der Waals surface area contributed by atoms with Gasteiger partial charge in [0, 0.05) is 31.9 Å². The van der Waals surface area contributed by atoms with E-state index in [0.29, 0.717) is 19.4 Å². The Balaban J connectivity index is 1.57. The predicted molar refractivity (Wildman–Crippen MR) is 91.3 cm³/mol. The van der Waals surface area contributed by atoms with Crippen LogP contribution in [0.25, 0.3) is 0 Å². The van der Waals surface area contributed by atoms with Crippen LogP contribution in [0.4, 0.5) is 5.69 Å². The van der Waals surface area contributed by atoms with E-state index < -0.39 is 0 Å². The molecule has 1 fully saturated rings. The zero-order valence-corrected chi connectivity index (χ0v) is 13.8. The normalized spacial score (nSPS) is 17.0. The van der Waals surface area contributed by atoms with Gasteiger partial charge in [-0.1, -0.05) is 18.2 Å². The molecule has 0 spiro atoms. The molecule has 3 rings (SSSR count). The van der Waals surface area contributed by atoms with E-state index in [0.717, 1.165) is 24.1 Å². The van der Waals surface area contributed by atoms with Crippen molar-refractivity contribution in [3.05, 3.63) is 48.3 Å². The van der Waals surface area contributed by atoms with Gasteiger partial charge in [-0.3, -0.25) is 14.3 Å². The van der Waals surface area contributed by atoms with Gasteiger partial charge in [-0.2, -0.15) is 5.10 Å². The molecule has 2 heterocycles. The Labute approximate surface area is 141 Å². The number of aryl methyl sites for hydroxylation is 2. The van der Waals surface area contributed by atoms with Crippen LogP contribution < -0.4 is 5.32 Å². The molecule has 1 aromatic carbocycles. The predicted octanol–water partition coefficient (Wildman–Crippen LogP) is 1.98. The summed E-state index contributed by atoms with van der Waals surface area (Å²) in [6.45, 7) is 0.652. The van der Waals surface area contributed by atoms with Crippen molar-refractivity contribution in [3.63, 3.8) is 0 Å². The Bertz CT molecular complexity index is 711. The number of aromatic nitrogens is 2. The Hall–Kier alpha value is -2.63. The molecule has 126 valence electrons. The number of hydrogen-bond donors (Lipinski definition) is 1. The first-order valence-corrected chi connectivity index (χ1v) is 8.26. The number of benzene rings is 1. The topological polar surface area (TPSA) is 67.2 Å². The van der Waals surface area contributed by atoms with Crippen LogP contribution in [-0.4, -0.2) is 39.1 Å². The van der Waals surface area contributed by atoms with E-state index in [1.807, 2.05) is 43.6 Å². The minimum atomic E-state index is -0.369. The van der Waals surface area contributed by atoms with E-state index >= 15 is 0 Å². The quantitative estimate of drug-likeness (QED) is 0.913. The van der Waals surface area contributed by atoms with Crippen LogP contribution in [0.3, 0.4) is 0 Å². The van der Waals surface area contributed by atoms with Crippen LogP contribution in [0.1, 0.15) is 24.8 Å². The molecular formula is C18H22N4O2. The van der Waals surface area contributed by atoms with E-state index in [-0.39, 0.29) is 17.9 Å². The first-order valence-electron chi connectivity index (χ1n) is 8.26. The minimum absolute atomic E-state index is 0.0320. The summed E-state index contributed by atoms with van der Waals surface area (Å²) in [6, 6.07) is 8.98. The van der Waals surface area contributed by atoms with Gasteiger partial charge in [-0.15, -0.1) is 0 Å². The van der Waals surface area contributed by atoms with E-state index in [1.54, 1.807) is 15.8 Å². The molecule has 1 aliphatic heterocycles. The summed E-state index contributed by atoms with van der Waals surface area (Å²) in [5, 5.41) is 7.01. The fourth-order valence-corrected chi connectivity index (χ4v) is 3.08. The molecule has 6 nitrogen and oxygen atoms in total. The van der Waals surface area contributed by atoms with Gasteiger partial charge < -0.3 is 10.2 Å². The number of amides is 2. The molecule has 2 amide bonds. The molecule has 1 aromatic heterocycles. The van der Waals surface area contributed by atoms with Crippen molar-refractivity contribution in [3.8, 4) is 0 Å². The number of likely N-dealkylation sites (tertiary alicyclic amines) is 1. The number of anilines is 1. The van der Waals surface area contributed by atoms with Crippen LogP contribution in [0, 0.1) is 0 Å². The zero-order valence-electron chi connectivity index (χ0n) is 13.8. The molecule has 1 atom stereocenters. The lowest BCUT2D eigenvalue weighted by atomic mass is 10.1. The second-order valence-corrected chi connectivity index (χ2v) is 6.12. The molecular weight excluding hydrogens is 304 g/mol. The lowest BCUT2D eigenvalue weighted by molar-refractivity contribution is -0.136. The maximum atomic E-state index is 12.5. The molecule has 6 heteroatoms. The number of carbonyl (C=O) groups excluding carboxylic acids is 2. The van der Waals surface area contributed by atoms with Crippen LogP contribution in [0.2, 0.25) is 0 Å². The van der Waals surface area contributed by atoms with Crippen molar-refractivity contribution in [2.45, 2.75) is 31.7 Å². The maximum absolute atomic E-state index is 12.5. The SMILES string of the molecule is Cn1cc(CCC(=O)N2CCCC2C(=O)Nc2ccccc2)cn1. The summed E-state index contributed by atoms with van der Waals surface area (Å²) >= 11 is 0. The highest BCUT2D eigenvalue weighted by Gasteiger charge is 2.33. The lowest BCUT2D eigenvalue weighted by Crippen LogP contribution is -2.43. The first kappa shape index (κ1) is 16.2. The summed E-state index contributed by atoms with van der Waals surface area (Å²) in [5.41, 5.74) is 1.80. The van der Waals surface area contributed by atoms with Crippen molar-refractivity contribution < 1.29 is 9.59 Å². The Morgan fingerprint density at radius 3 is 2.79 bits per heavy atom. The summed E-state index contributed by atoms with van der Waals surface area (Å²) in [7, 11) is 1.86. The Morgan fingerprint density at radius 2 is 2.08 bits per heavy atom. The summed E-state index contributed by atoms with van der Waals surface area (Å²) in [5.74, 6) is -0.0713. The molecule has 1 aliphatic rings. The number of para-hydroxylation sites is 1. The highest BCUT2D eigenvalue weighted by molar-refractivity contribution is 5.97. The monoisotopic (exact) mass is 326 g/mol. The summed E-state index contributed by atoms with van der Waals surface area (Å²) in [4.78, 5) is 26.7. The van der Waals surface area contributed by atoms with Gasteiger partial charge in [-0.05, 0) is 37.0 Å². The van der Waals surface area contributed by atoms with Crippen LogP contribution in [-0.2, 0) is 23.1 Å². The van der Waals surface area contributed by atoms with Gasteiger partial charge >= 0.3 is 0 Å². The van der Waals surface area contributed by atoms with Crippen LogP contribution in [0.15, 0.2) is 42.7 Å². The summed E-state index contributed by atoms with van der Waals surface area (Å²) in [6.07, 6.45) is 6.33. The van der Waals surface area contributed by atoms with Crippen molar-refractivity contribution in [2.75, 3.05) is 11.9 Å². The van der Waals surface area contributed by atoms with Crippen LogP contribution >= 0.6 is 0 Å². The average Bonchev–Trinajstić information content (AvgIpc) is 3.22. The fourth-order valence-electron chi connectivity index (χ4n) is 3.08. The van der Waals surface area contributed by atoms with Gasteiger partial charge in [0.1, 0.15) is 6.04 Å². The molecule has 2 aromatic rings. The number of nitrogens with zero attached hydrogens (tertiary/aromatic N) is 3. The second-order valence-electron chi connectivity index (χ2n) is 6.12. The smallest absolute Gasteiger partial charge is 0.247 e. The largest absolute Gasteiger partial charge is 0.331 e. The van der Waals surface area contributed by atoms with Gasteiger partial charge in [0.05, 0.1) is 6.20 Å². The van der Waals surface area contributed by atoms with Gasteiger partial charge in [-0.25, -0.2) is 0 Å². The van der Waals surface area contributed by atoms with Gasteiger partial charge in [0.15, 0.2) is 0 Å². The number of carbonyl (C=O) groups is 2. The number of rotatable bonds is 5. The molecule has 1 N–H and O–H groups in total. The summed E-state index contributed by atoms with van der Waals surface area (Å²) < 4.78 is 1.73. The Kier molecular flexibility index (Phi) is 4.93. The van der Waals surface area contributed by atoms with Crippen molar-refractivity contribution in [1.82, 2.24) is 14.7 Å². The molecule has 24 heavy (non-hydrogen) atoms. The van der Waals surface area contributed by atoms with Crippen molar-refractivity contribution in [1.29, 1.82) is 0 Å². The van der Waals surface area contributed by atoms with E-state index in [1.165, 1.54) is 0 Å². The minimum Gasteiger partial charge on any atom is -0.331 e. The zero-order chi connectivity index (χ0) is 16.9. The van der Waals surface area contributed by atoms with Crippen molar-refractivity contribution >= 4 is 17.5 Å². The second kappa shape index (κ2) is 7.29. The molecule has 0 aliphatic carbocycles. The van der Waals surface area contributed by atoms with Crippen molar-refractivity contribution in [2.24, 2.45) is 7.05 Å². The third-order valence-corrected chi connectivity index (χ3v) is 4.30. The number of hydrogen-bond acceptors (Lipinski definition) is 3. The van der Waals surface area contributed by atoms with E-state index in [4.69, 9.17) is 0 Å². The average molecular weight is 326 g/mol. The van der Waals surface area contributed by atoms with Crippen LogP contribution in [0.5, 0.6) is 0 Å². The fraction of sp³-hybridized carbons (Fsp3) is 0.389. The highest BCUT2D eigenvalue weighted by Crippen LogP contribution is 2.20. The molecule has 0 bridgehead atoms.